The predicted octanol–water partition coefficient (Wildman–Crippen LogP) is 1.44. The number of hydrogen-bond acceptors (Lipinski definition) is 6. The van der Waals surface area contributed by atoms with Crippen LogP contribution in [-0.4, -0.2) is 80.8 Å². The van der Waals surface area contributed by atoms with Crippen molar-refractivity contribution >= 4 is 5.91 Å². The van der Waals surface area contributed by atoms with Gasteiger partial charge in [-0.25, -0.2) is 4.68 Å². The zero-order valence-electron chi connectivity index (χ0n) is 16.7. The monoisotopic (exact) mass is 396 g/mol. The van der Waals surface area contributed by atoms with Crippen LogP contribution in [0.15, 0.2) is 30.6 Å². The molecule has 2 aliphatic heterocycles. The summed E-state index contributed by atoms with van der Waals surface area (Å²) >= 11 is 0. The molecule has 1 saturated carbocycles. The molecule has 1 spiro atoms. The molecular formula is C21H28N6O2. The van der Waals surface area contributed by atoms with E-state index in [0.717, 1.165) is 43.0 Å². The first-order valence-electron chi connectivity index (χ1n) is 10.6. The van der Waals surface area contributed by atoms with E-state index >= 15 is 0 Å². The zero-order chi connectivity index (χ0) is 19.7. The molecule has 5 rings (SSSR count). The van der Waals surface area contributed by atoms with Gasteiger partial charge in [-0.15, -0.1) is 5.10 Å². The molecule has 0 N–H and O–H groups in total. The van der Waals surface area contributed by atoms with Crippen LogP contribution in [0.25, 0.3) is 0 Å². The van der Waals surface area contributed by atoms with Gasteiger partial charge in [0.05, 0.1) is 25.3 Å². The molecule has 8 heteroatoms. The third kappa shape index (κ3) is 4.33. The molecule has 1 amide bonds. The first-order valence-corrected chi connectivity index (χ1v) is 10.6. The fourth-order valence-electron chi connectivity index (χ4n) is 4.50. The van der Waals surface area contributed by atoms with E-state index < -0.39 is 0 Å². The average Bonchev–Trinajstić information content (AvgIpc) is 3.42. The molecule has 0 bridgehead atoms. The minimum atomic E-state index is -0.159. The zero-order valence-corrected chi connectivity index (χ0v) is 16.7. The third-order valence-corrected chi connectivity index (χ3v) is 6.45. The van der Waals surface area contributed by atoms with Crippen molar-refractivity contribution in [2.45, 2.75) is 37.8 Å². The first kappa shape index (κ1) is 18.7. The number of benzene rings is 1. The number of rotatable bonds is 5. The number of amides is 1. The van der Waals surface area contributed by atoms with Gasteiger partial charge in [-0.1, -0.05) is 12.1 Å². The summed E-state index contributed by atoms with van der Waals surface area (Å²) in [5.41, 5.74) is 1.64. The van der Waals surface area contributed by atoms with Gasteiger partial charge in [-0.05, 0) is 59.7 Å². The van der Waals surface area contributed by atoms with Gasteiger partial charge in [-0.2, -0.15) is 0 Å². The van der Waals surface area contributed by atoms with Crippen molar-refractivity contribution < 1.29 is 9.53 Å². The fourth-order valence-corrected chi connectivity index (χ4v) is 4.50. The van der Waals surface area contributed by atoms with E-state index in [4.69, 9.17) is 4.74 Å². The molecule has 0 atom stereocenters. The number of hydrogen-bond donors (Lipinski definition) is 0. The summed E-state index contributed by atoms with van der Waals surface area (Å²) in [5, 5.41) is 11.2. The molecular weight excluding hydrogens is 368 g/mol. The normalized spacial score (nSPS) is 22.1. The number of morpholine rings is 1. The summed E-state index contributed by atoms with van der Waals surface area (Å²) in [6, 6.07) is 7.76. The fraction of sp³-hybridized carbons (Fsp3) is 0.619. The second kappa shape index (κ2) is 7.84. The number of nitrogens with zero attached hydrogens (tertiary/aromatic N) is 6. The van der Waals surface area contributed by atoms with E-state index in [2.05, 4.69) is 20.4 Å². The van der Waals surface area contributed by atoms with Crippen LogP contribution in [0.3, 0.4) is 0 Å². The van der Waals surface area contributed by atoms with Crippen molar-refractivity contribution in [3.05, 3.63) is 41.7 Å². The molecule has 8 nitrogen and oxygen atoms in total. The maximum atomic E-state index is 13.1. The number of carbonyl (C=O) groups excluding carboxylic acids is 1. The van der Waals surface area contributed by atoms with Crippen LogP contribution in [-0.2, 0) is 11.3 Å². The lowest BCUT2D eigenvalue weighted by atomic mass is 9.89. The number of piperidine rings is 1. The van der Waals surface area contributed by atoms with Crippen molar-refractivity contribution in [3.8, 4) is 0 Å². The molecule has 2 aromatic rings. The molecule has 0 unspecified atom stereocenters. The van der Waals surface area contributed by atoms with Crippen molar-refractivity contribution in [1.29, 1.82) is 0 Å². The SMILES string of the molecule is O=C(c1ccc(Cn2cnnn2)cc1)N1CCOC2(CCN(CC3CC3)CC2)C1. The van der Waals surface area contributed by atoms with Crippen LogP contribution in [0.4, 0.5) is 0 Å². The average molecular weight is 396 g/mol. The van der Waals surface area contributed by atoms with Crippen LogP contribution in [0, 0.1) is 5.92 Å². The first-order chi connectivity index (χ1) is 14.2. The smallest absolute Gasteiger partial charge is 0.254 e. The van der Waals surface area contributed by atoms with Crippen molar-refractivity contribution in [2.75, 3.05) is 39.3 Å². The highest BCUT2D eigenvalue weighted by molar-refractivity contribution is 5.94. The molecule has 1 aromatic carbocycles. The van der Waals surface area contributed by atoms with Gasteiger partial charge in [0.2, 0.25) is 0 Å². The molecule has 0 radical (unpaired) electrons. The number of ether oxygens (including phenoxy) is 1. The highest BCUT2D eigenvalue weighted by Crippen LogP contribution is 2.34. The van der Waals surface area contributed by atoms with E-state index in [1.54, 1.807) is 11.0 Å². The maximum absolute atomic E-state index is 13.1. The molecule has 3 heterocycles. The van der Waals surface area contributed by atoms with Crippen molar-refractivity contribution in [2.24, 2.45) is 5.92 Å². The van der Waals surface area contributed by atoms with Crippen LogP contribution in [0.2, 0.25) is 0 Å². The predicted molar refractivity (Wildman–Crippen MR) is 106 cm³/mol. The lowest BCUT2D eigenvalue weighted by Crippen LogP contribution is -2.58. The summed E-state index contributed by atoms with van der Waals surface area (Å²) in [6.07, 6.45) is 6.43. The Bertz CT molecular complexity index is 825. The van der Waals surface area contributed by atoms with Gasteiger partial charge in [0.1, 0.15) is 6.33 Å². The quantitative estimate of drug-likeness (QED) is 0.761. The largest absolute Gasteiger partial charge is 0.371 e. The summed E-state index contributed by atoms with van der Waals surface area (Å²) < 4.78 is 7.89. The van der Waals surface area contributed by atoms with E-state index in [-0.39, 0.29) is 11.5 Å². The van der Waals surface area contributed by atoms with E-state index in [1.165, 1.54) is 19.4 Å². The van der Waals surface area contributed by atoms with E-state index in [0.29, 0.717) is 26.2 Å². The molecule has 2 saturated heterocycles. The van der Waals surface area contributed by atoms with Gasteiger partial charge in [-0.3, -0.25) is 4.79 Å². The van der Waals surface area contributed by atoms with E-state index in [1.807, 2.05) is 29.2 Å². The van der Waals surface area contributed by atoms with Crippen LogP contribution in [0.5, 0.6) is 0 Å². The lowest BCUT2D eigenvalue weighted by molar-refractivity contribution is -0.127. The van der Waals surface area contributed by atoms with Gasteiger partial charge < -0.3 is 14.5 Å². The number of likely N-dealkylation sites (tertiary alicyclic amines) is 1. The number of aromatic nitrogens is 4. The molecule has 1 aliphatic carbocycles. The number of carbonyl (C=O) groups is 1. The lowest BCUT2D eigenvalue weighted by Gasteiger charge is -2.47. The summed E-state index contributed by atoms with van der Waals surface area (Å²) in [4.78, 5) is 17.7. The van der Waals surface area contributed by atoms with Crippen LogP contribution < -0.4 is 0 Å². The van der Waals surface area contributed by atoms with Crippen molar-refractivity contribution in [1.82, 2.24) is 30.0 Å². The Morgan fingerprint density at radius 2 is 1.93 bits per heavy atom. The van der Waals surface area contributed by atoms with Gasteiger partial charge >= 0.3 is 0 Å². The van der Waals surface area contributed by atoms with Crippen LogP contribution >= 0.6 is 0 Å². The van der Waals surface area contributed by atoms with E-state index in [9.17, 15) is 4.79 Å². The van der Waals surface area contributed by atoms with Crippen molar-refractivity contribution in [3.63, 3.8) is 0 Å². The topological polar surface area (TPSA) is 76.4 Å². The van der Waals surface area contributed by atoms with Gasteiger partial charge in [0.25, 0.3) is 5.91 Å². The van der Waals surface area contributed by atoms with Gasteiger partial charge in [0.15, 0.2) is 0 Å². The molecule has 3 aliphatic rings. The highest BCUT2D eigenvalue weighted by Gasteiger charge is 2.41. The standard InChI is InChI=1S/C21H28N6O2/c28-20(19-5-3-18(4-6-19)14-27-16-22-23-24-27)26-11-12-29-21(15-26)7-9-25(10-8-21)13-17-1-2-17/h3-6,16-17H,1-2,7-15H2. The second-order valence-corrected chi connectivity index (χ2v) is 8.71. The Balaban J connectivity index is 1.19. The molecule has 29 heavy (non-hydrogen) atoms. The Hall–Kier alpha value is -2.32. The summed E-state index contributed by atoms with van der Waals surface area (Å²) in [7, 11) is 0. The number of tetrazole rings is 1. The Kier molecular flexibility index (Phi) is 5.05. The maximum Gasteiger partial charge on any atom is 0.254 e. The Morgan fingerprint density at radius 1 is 1.14 bits per heavy atom. The third-order valence-electron chi connectivity index (χ3n) is 6.45. The Labute approximate surface area is 170 Å². The molecule has 1 aromatic heterocycles. The van der Waals surface area contributed by atoms with Crippen LogP contribution in [0.1, 0.15) is 41.6 Å². The second-order valence-electron chi connectivity index (χ2n) is 8.71. The molecule has 154 valence electrons. The minimum Gasteiger partial charge on any atom is -0.371 e. The summed E-state index contributed by atoms with van der Waals surface area (Å²) in [6.45, 7) is 6.02. The minimum absolute atomic E-state index is 0.0991. The Morgan fingerprint density at radius 3 is 2.62 bits per heavy atom. The summed E-state index contributed by atoms with van der Waals surface area (Å²) in [5.74, 6) is 1.03. The van der Waals surface area contributed by atoms with Gasteiger partial charge in [0, 0.05) is 31.7 Å². The highest BCUT2D eigenvalue weighted by atomic mass is 16.5. The molecule has 3 fully saturated rings.